The normalized spacial score (nSPS) is 19.9. The van der Waals surface area contributed by atoms with Gasteiger partial charge in [0.05, 0.1) is 11.5 Å². The Kier molecular flexibility index (Phi) is 6.46. The molecule has 0 heterocycles. The molecule has 0 aliphatic heterocycles. The molecule has 1 aliphatic carbocycles. The lowest BCUT2D eigenvalue weighted by molar-refractivity contribution is -0.132. The van der Waals surface area contributed by atoms with E-state index in [1.165, 1.54) is 0 Å². The summed E-state index contributed by atoms with van der Waals surface area (Å²) in [6, 6.07) is 0. The summed E-state index contributed by atoms with van der Waals surface area (Å²) in [5.74, 6) is 0.172. The van der Waals surface area contributed by atoms with Crippen LogP contribution in [0.2, 0.25) is 0 Å². The minimum Gasteiger partial charge on any atom is -0.393 e. The van der Waals surface area contributed by atoms with Crippen LogP contribution in [0.5, 0.6) is 0 Å². The van der Waals surface area contributed by atoms with Crippen molar-refractivity contribution in [3.63, 3.8) is 0 Å². The van der Waals surface area contributed by atoms with Gasteiger partial charge < -0.3 is 15.2 Å². The number of hydrogen-bond donors (Lipinski definition) is 2. The first-order chi connectivity index (χ1) is 9.31. The summed E-state index contributed by atoms with van der Waals surface area (Å²) >= 11 is 0. The summed E-state index contributed by atoms with van der Waals surface area (Å²) < 4.78 is 5.16. The Morgan fingerprint density at radius 1 is 1.40 bits per heavy atom. The van der Waals surface area contributed by atoms with E-state index in [2.05, 4.69) is 19.2 Å². The largest absolute Gasteiger partial charge is 0.393 e. The lowest BCUT2D eigenvalue weighted by Crippen LogP contribution is -2.44. The molecule has 0 radical (unpaired) electrons. The Bertz CT molecular complexity index is 307. The van der Waals surface area contributed by atoms with Crippen molar-refractivity contribution in [1.82, 2.24) is 5.32 Å². The number of methoxy groups -OCH3 is 1. The van der Waals surface area contributed by atoms with Crippen LogP contribution in [0.25, 0.3) is 0 Å². The molecule has 1 fully saturated rings. The molecule has 0 spiro atoms. The number of carbonyl (C=O) groups is 1. The van der Waals surface area contributed by atoms with Crippen LogP contribution in [0.15, 0.2) is 0 Å². The molecule has 1 rings (SSSR count). The van der Waals surface area contributed by atoms with Crippen LogP contribution in [0, 0.1) is 10.8 Å². The van der Waals surface area contributed by atoms with Crippen LogP contribution in [0.3, 0.4) is 0 Å². The van der Waals surface area contributed by atoms with Crippen LogP contribution in [0.1, 0.15) is 59.3 Å². The highest BCUT2D eigenvalue weighted by Gasteiger charge is 2.40. The predicted octanol–water partition coefficient (Wildman–Crippen LogP) is 2.50. The molecule has 1 saturated carbocycles. The van der Waals surface area contributed by atoms with E-state index in [0.717, 1.165) is 32.1 Å². The van der Waals surface area contributed by atoms with Crippen molar-refractivity contribution in [3.8, 4) is 0 Å². The average Bonchev–Trinajstić information content (AvgIpc) is 2.82. The first-order valence-corrected chi connectivity index (χ1v) is 7.77. The minimum absolute atomic E-state index is 0.0785. The maximum atomic E-state index is 12.6. The molecule has 0 aromatic heterocycles. The van der Waals surface area contributed by atoms with Crippen molar-refractivity contribution in [1.29, 1.82) is 0 Å². The van der Waals surface area contributed by atoms with Gasteiger partial charge in [0.15, 0.2) is 0 Å². The summed E-state index contributed by atoms with van der Waals surface area (Å²) in [6.07, 6.45) is 5.38. The third kappa shape index (κ3) is 5.06. The highest BCUT2D eigenvalue weighted by molar-refractivity contribution is 5.82. The van der Waals surface area contributed by atoms with Crippen LogP contribution < -0.4 is 5.32 Å². The SMILES string of the molecule is COCCC1(C(=O)NCC(C)(C)CC(C)O)CCCC1. The van der Waals surface area contributed by atoms with E-state index in [-0.39, 0.29) is 22.8 Å². The maximum absolute atomic E-state index is 12.6. The van der Waals surface area contributed by atoms with Crippen molar-refractivity contribution in [2.75, 3.05) is 20.3 Å². The second kappa shape index (κ2) is 7.41. The molecule has 1 atom stereocenters. The number of hydrogen-bond acceptors (Lipinski definition) is 3. The van der Waals surface area contributed by atoms with E-state index < -0.39 is 0 Å². The summed E-state index contributed by atoms with van der Waals surface area (Å²) in [4.78, 5) is 12.6. The lowest BCUT2D eigenvalue weighted by atomic mass is 9.81. The molecule has 1 aliphatic rings. The third-order valence-electron chi connectivity index (χ3n) is 4.40. The van der Waals surface area contributed by atoms with Crippen LogP contribution in [-0.2, 0) is 9.53 Å². The zero-order valence-electron chi connectivity index (χ0n) is 13.5. The second-order valence-corrected chi connectivity index (χ2v) is 7.13. The van der Waals surface area contributed by atoms with Gasteiger partial charge in [-0.15, -0.1) is 0 Å². The lowest BCUT2D eigenvalue weighted by Gasteiger charge is -2.31. The highest BCUT2D eigenvalue weighted by Crippen LogP contribution is 2.41. The van der Waals surface area contributed by atoms with Gasteiger partial charge in [-0.2, -0.15) is 0 Å². The molecule has 118 valence electrons. The number of nitrogens with one attached hydrogen (secondary N) is 1. The Hall–Kier alpha value is -0.610. The summed E-state index contributed by atoms with van der Waals surface area (Å²) in [7, 11) is 1.69. The summed E-state index contributed by atoms with van der Waals surface area (Å²) in [5, 5.41) is 12.6. The zero-order chi connectivity index (χ0) is 15.2. The fraction of sp³-hybridized carbons (Fsp3) is 0.938. The average molecular weight is 285 g/mol. The fourth-order valence-electron chi connectivity index (χ4n) is 3.32. The van der Waals surface area contributed by atoms with Gasteiger partial charge in [0.25, 0.3) is 0 Å². The first-order valence-electron chi connectivity index (χ1n) is 7.77. The van der Waals surface area contributed by atoms with Crippen molar-refractivity contribution in [3.05, 3.63) is 0 Å². The maximum Gasteiger partial charge on any atom is 0.226 e. The number of amides is 1. The number of aliphatic hydroxyl groups excluding tert-OH is 1. The van der Waals surface area contributed by atoms with Crippen molar-refractivity contribution in [2.24, 2.45) is 10.8 Å². The topological polar surface area (TPSA) is 58.6 Å². The van der Waals surface area contributed by atoms with Gasteiger partial charge in [0.2, 0.25) is 5.91 Å². The van der Waals surface area contributed by atoms with Gasteiger partial charge in [0, 0.05) is 20.3 Å². The third-order valence-corrected chi connectivity index (χ3v) is 4.40. The summed E-state index contributed by atoms with van der Waals surface area (Å²) in [5.41, 5.74) is -0.304. The molecule has 0 saturated heterocycles. The van der Waals surface area contributed by atoms with E-state index in [0.29, 0.717) is 19.6 Å². The van der Waals surface area contributed by atoms with E-state index in [1.807, 2.05) is 0 Å². The first kappa shape index (κ1) is 17.4. The van der Waals surface area contributed by atoms with Crippen molar-refractivity contribution in [2.45, 2.75) is 65.4 Å². The van der Waals surface area contributed by atoms with Gasteiger partial charge in [-0.3, -0.25) is 4.79 Å². The smallest absolute Gasteiger partial charge is 0.226 e. The quantitative estimate of drug-likeness (QED) is 0.720. The molecule has 1 unspecified atom stereocenters. The Balaban J connectivity index is 2.54. The zero-order valence-corrected chi connectivity index (χ0v) is 13.5. The number of carbonyl (C=O) groups excluding carboxylic acids is 1. The Labute approximate surface area is 123 Å². The molecule has 0 aromatic carbocycles. The van der Waals surface area contributed by atoms with Gasteiger partial charge in [0.1, 0.15) is 0 Å². The molecule has 1 amide bonds. The number of ether oxygens (including phenoxy) is 1. The molecule has 4 heteroatoms. The van der Waals surface area contributed by atoms with Crippen LogP contribution in [0.4, 0.5) is 0 Å². The minimum atomic E-state index is -0.337. The Morgan fingerprint density at radius 2 is 2.00 bits per heavy atom. The number of aliphatic hydroxyl groups is 1. The molecule has 20 heavy (non-hydrogen) atoms. The standard InChI is InChI=1S/C16H31NO3/c1-13(18)11-15(2,3)12-17-14(19)16(9-10-20-4)7-5-6-8-16/h13,18H,5-12H2,1-4H3,(H,17,19). The van der Waals surface area contributed by atoms with Gasteiger partial charge in [-0.25, -0.2) is 0 Å². The van der Waals surface area contributed by atoms with E-state index in [4.69, 9.17) is 4.74 Å². The van der Waals surface area contributed by atoms with E-state index >= 15 is 0 Å². The van der Waals surface area contributed by atoms with Crippen LogP contribution >= 0.6 is 0 Å². The van der Waals surface area contributed by atoms with Gasteiger partial charge in [-0.1, -0.05) is 26.7 Å². The van der Waals surface area contributed by atoms with Gasteiger partial charge in [-0.05, 0) is 38.0 Å². The van der Waals surface area contributed by atoms with Gasteiger partial charge >= 0.3 is 0 Å². The van der Waals surface area contributed by atoms with E-state index in [1.54, 1.807) is 14.0 Å². The molecule has 0 aromatic rings. The molecule has 2 N–H and O–H groups in total. The molecule has 4 nitrogen and oxygen atoms in total. The van der Waals surface area contributed by atoms with Crippen molar-refractivity contribution < 1.29 is 14.6 Å². The summed E-state index contributed by atoms with van der Waals surface area (Å²) in [6.45, 7) is 7.21. The molecule has 0 bridgehead atoms. The Morgan fingerprint density at radius 3 is 2.50 bits per heavy atom. The van der Waals surface area contributed by atoms with E-state index in [9.17, 15) is 9.90 Å². The highest BCUT2D eigenvalue weighted by atomic mass is 16.5. The predicted molar refractivity (Wildman–Crippen MR) is 80.5 cm³/mol. The number of rotatable bonds is 8. The fourth-order valence-corrected chi connectivity index (χ4v) is 3.32. The molecular formula is C16H31NO3. The van der Waals surface area contributed by atoms with Crippen molar-refractivity contribution >= 4 is 5.91 Å². The second-order valence-electron chi connectivity index (χ2n) is 7.13. The molecular weight excluding hydrogens is 254 g/mol. The monoisotopic (exact) mass is 285 g/mol. The van der Waals surface area contributed by atoms with Crippen LogP contribution in [-0.4, -0.2) is 37.4 Å².